The maximum atomic E-state index is 12.9. The highest BCUT2D eigenvalue weighted by Gasteiger charge is 2.30. The summed E-state index contributed by atoms with van der Waals surface area (Å²) < 4.78 is 2.25. The first kappa shape index (κ1) is 20.5. The van der Waals surface area contributed by atoms with Crippen LogP contribution in [-0.4, -0.2) is 38.7 Å². The Bertz CT molecular complexity index is 792. The van der Waals surface area contributed by atoms with Gasteiger partial charge in [0.1, 0.15) is 11.6 Å². The molecule has 0 aliphatic carbocycles. The summed E-state index contributed by atoms with van der Waals surface area (Å²) in [4.78, 5) is 14.9. The van der Waals surface area contributed by atoms with Crippen LogP contribution in [0.4, 0.5) is 5.69 Å². The van der Waals surface area contributed by atoms with Crippen molar-refractivity contribution in [3.05, 3.63) is 41.0 Å². The molecule has 0 spiro atoms. The number of hydrogen-bond acceptors (Lipinski definition) is 4. The van der Waals surface area contributed by atoms with E-state index in [4.69, 9.17) is 5.73 Å². The van der Waals surface area contributed by atoms with Gasteiger partial charge in [-0.15, -0.1) is 35.0 Å². The molecule has 1 atom stereocenters. The molecule has 1 aromatic carbocycles. The Morgan fingerprint density at radius 1 is 1.19 bits per heavy atom. The minimum atomic E-state index is 0. The number of rotatable bonds is 2. The number of hydrogen-bond donors (Lipinski definition) is 1. The molecular formula is C18H25Cl2N5O. The van der Waals surface area contributed by atoms with E-state index >= 15 is 0 Å². The highest BCUT2D eigenvalue weighted by molar-refractivity contribution is 5.96. The van der Waals surface area contributed by atoms with Gasteiger partial charge in [0, 0.05) is 43.2 Å². The van der Waals surface area contributed by atoms with Crippen LogP contribution in [0, 0.1) is 6.92 Å². The molecule has 1 fully saturated rings. The molecular weight excluding hydrogens is 373 g/mol. The number of anilines is 1. The van der Waals surface area contributed by atoms with Crippen molar-refractivity contribution >= 4 is 36.4 Å². The van der Waals surface area contributed by atoms with Gasteiger partial charge in [0.05, 0.1) is 0 Å². The number of piperidine rings is 1. The third kappa shape index (κ3) is 3.67. The molecule has 1 unspecified atom stereocenters. The van der Waals surface area contributed by atoms with Crippen LogP contribution in [0.3, 0.4) is 0 Å². The maximum Gasteiger partial charge on any atom is 0.254 e. The average Bonchev–Trinajstić information content (AvgIpc) is 3.20. The number of halogens is 2. The molecule has 1 aromatic heterocycles. The molecule has 0 bridgehead atoms. The van der Waals surface area contributed by atoms with Crippen LogP contribution in [0.25, 0.3) is 0 Å². The van der Waals surface area contributed by atoms with Crippen molar-refractivity contribution in [2.24, 2.45) is 0 Å². The van der Waals surface area contributed by atoms with E-state index in [1.807, 2.05) is 24.0 Å². The van der Waals surface area contributed by atoms with Gasteiger partial charge in [-0.3, -0.25) is 4.79 Å². The van der Waals surface area contributed by atoms with Crippen molar-refractivity contribution in [2.75, 3.05) is 18.8 Å². The van der Waals surface area contributed by atoms with Crippen LogP contribution in [0.15, 0.2) is 18.2 Å². The Hall–Kier alpha value is -1.79. The fourth-order valence-corrected chi connectivity index (χ4v) is 3.89. The van der Waals surface area contributed by atoms with Gasteiger partial charge in [-0.25, -0.2) is 0 Å². The van der Waals surface area contributed by atoms with Crippen LogP contribution in [0.5, 0.6) is 0 Å². The van der Waals surface area contributed by atoms with Gasteiger partial charge in [0.2, 0.25) is 0 Å². The quantitative estimate of drug-likeness (QED) is 0.790. The van der Waals surface area contributed by atoms with Crippen molar-refractivity contribution < 1.29 is 4.79 Å². The number of aromatic nitrogens is 3. The number of carbonyl (C=O) groups excluding carboxylic acids is 1. The molecule has 142 valence electrons. The van der Waals surface area contributed by atoms with Crippen LogP contribution in [-0.2, 0) is 13.0 Å². The van der Waals surface area contributed by atoms with Gasteiger partial charge >= 0.3 is 0 Å². The summed E-state index contributed by atoms with van der Waals surface area (Å²) in [5, 5.41) is 8.73. The number of aryl methyl sites for hydroxylation is 2. The predicted octanol–water partition coefficient (Wildman–Crippen LogP) is 2.98. The second kappa shape index (κ2) is 8.27. The Labute approximate surface area is 166 Å². The lowest BCUT2D eigenvalue weighted by atomic mass is 9.96. The van der Waals surface area contributed by atoms with Crippen molar-refractivity contribution in [2.45, 2.75) is 45.1 Å². The second-order valence-corrected chi connectivity index (χ2v) is 6.89. The van der Waals surface area contributed by atoms with Crippen molar-refractivity contribution in [1.82, 2.24) is 19.7 Å². The summed E-state index contributed by atoms with van der Waals surface area (Å²) in [6.07, 6.45) is 4.23. The molecule has 6 nitrogen and oxygen atoms in total. The lowest BCUT2D eigenvalue weighted by Crippen LogP contribution is -2.40. The van der Waals surface area contributed by atoms with E-state index in [2.05, 4.69) is 14.8 Å². The van der Waals surface area contributed by atoms with E-state index in [9.17, 15) is 4.79 Å². The Balaban J connectivity index is 0.00000121. The third-order valence-electron chi connectivity index (χ3n) is 5.20. The molecule has 2 N–H and O–H groups in total. The summed E-state index contributed by atoms with van der Waals surface area (Å²) >= 11 is 0. The number of nitrogens with zero attached hydrogens (tertiary/aromatic N) is 4. The lowest BCUT2D eigenvalue weighted by molar-refractivity contribution is 0.0702. The van der Waals surface area contributed by atoms with Gasteiger partial charge in [0.25, 0.3) is 5.91 Å². The number of amides is 1. The van der Waals surface area contributed by atoms with Gasteiger partial charge in [-0.2, -0.15) is 0 Å². The first-order valence-corrected chi connectivity index (χ1v) is 8.71. The van der Waals surface area contributed by atoms with Gasteiger partial charge < -0.3 is 15.2 Å². The number of carbonyl (C=O) groups is 1. The summed E-state index contributed by atoms with van der Waals surface area (Å²) in [7, 11) is 0. The minimum Gasteiger partial charge on any atom is -0.399 e. The Kier molecular flexibility index (Phi) is 6.53. The molecule has 4 rings (SSSR count). The molecule has 2 aliphatic heterocycles. The smallest absolute Gasteiger partial charge is 0.254 e. The number of likely N-dealkylation sites (tertiary alicyclic amines) is 1. The third-order valence-corrected chi connectivity index (χ3v) is 5.20. The summed E-state index contributed by atoms with van der Waals surface area (Å²) in [5.41, 5.74) is 8.18. The molecule has 2 aliphatic rings. The number of benzene rings is 1. The fraction of sp³-hybridized carbons (Fsp3) is 0.500. The molecule has 1 saturated heterocycles. The molecule has 0 saturated carbocycles. The number of nitrogens with two attached hydrogens (primary N) is 1. The lowest BCUT2D eigenvalue weighted by Gasteiger charge is -2.32. The molecule has 0 radical (unpaired) electrons. The van der Waals surface area contributed by atoms with Gasteiger partial charge in [0.15, 0.2) is 0 Å². The topological polar surface area (TPSA) is 77.0 Å². The monoisotopic (exact) mass is 397 g/mol. The normalized spacial score (nSPS) is 18.7. The van der Waals surface area contributed by atoms with Crippen molar-refractivity contribution in [3.8, 4) is 0 Å². The Morgan fingerprint density at radius 3 is 2.81 bits per heavy atom. The zero-order valence-corrected chi connectivity index (χ0v) is 16.5. The second-order valence-electron chi connectivity index (χ2n) is 6.89. The minimum absolute atomic E-state index is 0. The van der Waals surface area contributed by atoms with Crippen molar-refractivity contribution in [1.29, 1.82) is 0 Å². The highest BCUT2D eigenvalue weighted by atomic mass is 35.5. The highest BCUT2D eigenvalue weighted by Crippen LogP contribution is 2.29. The maximum absolute atomic E-state index is 12.9. The van der Waals surface area contributed by atoms with E-state index in [1.165, 1.54) is 0 Å². The van der Waals surface area contributed by atoms with E-state index in [0.29, 0.717) is 17.8 Å². The molecule has 8 heteroatoms. The van der Waals surface area contributed by atoms with Crippen LogP contribution in [0.1, 0.15) is 52.8 Å². The summed E-state index contributed by atoms with van der Waals surface area (Å²) in [6.45, 7) is 4.48. The first-order valence-electron chi connectivity index (χ1n) is 8.71. The molecule has 3 heterocycles. The zero-order chi connectivity index (χ0) is 16.7. The number of fused-ring (bicyclic) bond motifs is 1. The molecule has 1 amide bonds. The predicted molar refractivity (Wildman–Crippen MR) is 106 cm³/mol. The summed E-state index contributed by atoms with van der Waals surface area (Å²) in [5.74, 6) is 2.51. The molecule has 26 heavy (non-hydrogen) atoms. The van der Waals surface area contributed by atoms with E-state index < -0.39 is 0 Å². The average molecular weight is 398 g/mol. The van der Waals surface area contributed by atoms with Gasteiger partial charge in [-0.1, -0.05) is 6.07 Å². The van der Waals surface area contributed by atoms with Gasteiger partial charge in [-0.05, 0) is 43.9 Å². The van der Waals surface area contributed by atoms with Crippen molar-refractivity contribution in [3.63, 3.8) is 0 Å². The zero-order valence-electron chi connectivity index (χ0n) is 14.9. The number of nitrogen functional groups attached to an aromatic ring is 1. The largest absolute Gasteiger partial charge is 0.399 e. The fourth-order valence-electron chi connectivity index (χ4n) is 3.89. The SMILES string of the molecule is Cc1ccc(N)cc1C(=O)N1CCCC(c2nnc3n2CCC3)C1.Cl.Cl. The van der Waals surface area contributed by atoms with E-state index in [1.54, 1.807) is 6.07 Å². The molecule has 2 aromatic rings. The standard InChI is InChI=1S/C18H23N5O.2ClH/c1-12-6-7-14(19)10-15(12)18(24)22-8-2-4-13(11-22)17-21-20-16-5-3-9-23(16)17;;/h6-7,10,13H,2-5,8-9,11,19H2,1H3;2*1H. The van der Waals surface area contributed by atoms with Crippen LogP contribution < -0.4 is 5.73 Å². The van der Waals surface area contributed by atoms with Crippen LogP contribution in [0.2, 0.25) is 0 Å². The van der Waals surface area contributed by atoms with E-state index in [-0.39, 0.29) is 36.6 Å². The Morgan fingerprint density at radius 2 is 2.00 bits per heavy atom. The van der Waals surface area contributed by atoms with E-state index in [0.717, 1.165) is 56.0 Å². The first-order chi connectivity index (χ1) is 11.6. The van der Waals surface area contributed by atoms with Crippen LogP contribution >= 0.6 is 24.8 Å². The summed E-state index contributed by atoms with van der Waals surface area (Å²) in [6, 6.07) is 5.54.